The molecule has 0 aromatic heterocycles. The van der Waals surface area contributed by atoms with Gasteiger partial charge in [-0.2, -0.15) is 0 Å². The highest BCUT2D eigenvalue weighted by Crippen LogP contribution is 2.31. The summed E-state index contributed by atoms with van der Waals surface area (Å²) in [6.07, 6.45) is -0.435. The van der Waals surface area contributed by atoms with E-state index < -0.39 is 11.8 Å². The first-order valence-corrected chi connectivity index (χ1v) is 6.33. The molecule has 2 amide bonds. The van der Waals surface area contributed by atoms with Gasteiger partial charge in [0.15, 0.2) is 5.41 Å². The molecule has 1 aliphatic rings. The van der Waals surface area contributed by atoms with Gasteiger partial charge >= 0.3 is 0 Å². The molecule has 2 N–H and O–H groups in total. The van der Waals surface area contributed by atoms with E-state index in [1.54, 1.807) is 31.2 Å². The first-order valence-electron chi connectivity index (χ1n) is 5.95. The minimum Gasteiger partial charge on any atom is -0.344 e. The average molecular weight is 283 g/mol. The zero-order valence-electron chi connectivity index (χ0n) is 10.7. The van der Waals surface area contributed by atoms with Crippen LogP contribution in [0.2, 0.25) is 5.02 Å². The van der Waals surface area contributed by atoms with E-state index in [9.17, 15) is 9.59 Å². The topological polar surface area (TPSA) is 67.4 Å². The summed E-state index contributed by atoms with van der Waals surface area (Å²) >= 11 is 5.84. The molecule has 6 heteroatoms. The van der Waals surface area contributed by atoms with Crippen molar-refractivity contribution in [3.8, 4) is 0 Å². The normalized spacial score (nSPS) is 26.8. The van der Waals surface area contributed by atoms with Crippen LogP contribution in [-0.4, -0.2) is 25.3 Å². The molecule has 1 saturated heterocycles. The fourth-order valence-electron chi connectivity index (χ4n) is 2.26. The summed E-state index contributed by atoms with van der Waals surface area (Å²) < 4.78 is 4.94. The van der Waals surface area contributed by atoms with Crippen molar-refractivity contribution in [3.63, 3.8) is 0 Å². The second-order valence-corrected chi connectivity index (χ2v) is 4.76. The highest BCUT2D eigenvalue weighted by Gasteiger charge is 2.50. The van der Waals surface area contributed by atoms with Gasteiger partial charge in [-0.15, -0.1) is 0 Å². The molecular formula is C13H15ClN2O3. The fourth-order valence-corrected chi connectivity index (χ4v) is 2.39. The van der Waals surface area contributed by atoms with E-state index in [1.807, 2.05) is 0 Å². The van der Waals surface area contributed by atoms with E-state index in [0.29, 0.717) is 17.0 Å². The molecule has 0 atom stereocenters. The van der Waals surface area contributed by atoms with Crippen molar-refractivity contribution in [2.75, 3.05) is 7.11 Å². The Morgan fingerprint density at radius 1 is 1.21 bits per heavy atom. The molecule has 2 rings (SSSR count). The molecular weight excluding hydrogens is 268 g/mol. The molecule has 0 saturated carbocycles. The Kier molecular flexibility index (Phi) is 3.78. The Hall–Kier alpha value is -1.59. The molecule has 1 aliphatic heterocycles. The number of hydrogen-bond acceptors (Lipinski definition) is 3. The van der Waals surface area contributed by atoms with Crippen LogP contribution in [0.15, 0.2) is 24.3 Å². The Labute approximate surface area is 116 Å². The molecule has 1 heterocycles. The summed E-state index contributed by atoms with van der Waals surface area (Å²) in [4.78, 5) is 24.7. The number of rotatable bonds is 3. The highest BCUT2D eigenvalue weighted by atomic mass is 35.5. The lowest BCUT2D eigenvalue weighted by molar-refractivity contribution is -0.150. The van der Waals surface area contributed by atoms with Crippen LogP contribution < -0.4 is 10.6 Å². The van der Waals surface area contributed by atoms with Crippen molar-refractivity contribution in [2.24, 2.45) is 0 Å². The van der Waals surface area contributed by atoms with Crippen molar-refractivity contribution in [1.29, 1.82) is 0 Å². The number of hydrogen-bond donors (Lipinski definition) is 2. The van der Waals surface area contributed by atoms with Crippen LogP contribution in [0.5, 0.6) is 0 Å². The van der Waals surface area contributed by atoms with Gasteiger partial charge in [0, 0.05) is 12.1 Å². The van der Waals surface area contributed by atoms with Gasteiger partial charge in [-0.25, -0.2) is 0 Å². The van der Waals surface area contributed by atoms with E-state index in [-0.39, 0.29) is 11.8 Å². The molecule has 19 heavy (non-hydrogen) atoms. The van der Waals surface area contributed by atoms with Gasteiger partial charge in [-0.05, 0) is 24.1 Å². The first-order chi connectivity index (χ1) is 9.04. The standard InChI is InChI=1S/C13H15ClN2O3/c1-3-13(8-4-6-9(14)7-5-8)10(17)15-12(19-2)16-11(13)18/h4-7,12H,3H2,1-2H3,(H,15,17)(H,16,18). The van der Waals surface area contributed by atoms with Crippen molar-refractivity contribution < 1.29 is 14.3 Å². The van der Waals surface area contributed by atoms with Crippen molar-refractivity contribution in [2.45, 2.75) is 25.1 Å². The summed E-state index contributed by atoms with van der Waals surface area (Å²) in [5, 5.41) is 5.81. The Bertz CT molecular complexity index is 483. The third kappa shape index (κ3) is 2.19. The quantitative estimate of drug-likeness (QED) is 0.818. The van der Waals surface area contributed by atoms with Gasteiger partial charge in [0.25, 0.3) is 0 Å². The zero-order chi connectivity index (χ0) is 14.0. The Balaban J connectivity index is 2.44. The molecule has 102 valence electrons. The van der Waals surface area contributed by atoms with Gasteiger partial charge in [-0.3, -0.25) is 9.59 Å². The number of carbonyl (C=O) groups is 2. The van der Waals surface area contributed by atoms with Crippen LogP contribution in [0, 0.1) is 0 Å². The Morgan fingerprint density at radius 3 is 2.16 bits per heavy atom. The first kappa shape index (κ1) is 13.8. The smallest absolute Gasteiger partial charge is 0.243 e. The lowest BCUT2D eigenvalue weighted by Gasteiger charge is -2.37. The number of halogens is 1. The predicted molar refractivity (Wildman–Crippen MR) is 70.5 cm³/mol. The second kappa shape index (κ2) is 5.19. The minimum absolute atomic E-state index is 0.350. The lowest BCUT2D eigenvalue weighted by atomic mass is 9.75. The molecule has 1 aromatic carbocycles. The molecule has 0 radical (unpaired) electrons. The third-order valence-electron chi connectivity index (χ3n) is 3.40. The summed E-state index contributed by atoms with van der Waals surface area (Å²) in [5.41, 5.74) is -0.622. The highest BCUT2D eigenvalue weighted by molar-refractivity contribution is 6.30. The van der Waals surface area contributed by atoms with E-state index in [0.717, 1.165) is 0 Å². The van der Waals surface area contributed by atoms with E-state index >= 15 is 0 Å². The number of nitrogens with one attached hydrogen (secondary N) is 2. The van der Waals surface area contributed by atoms with Crippen LogP contribution in [0.1, 0.15) is 18.9 Å². The van der Waals surface area contributed by atoms with Gasteiger partial charge in [0.05, 0.1) is 0 Å². The van der Waals surface area contributed by atoms with Crippen LogP contribution in [-0.2, 0) is 19.7 Å². The van der Waals surface area contributed by atoms with Gasteiger partial charge in [0.2, 0.25) is 18.2 Å². The molecule has 0 spiro atoms. The number of methoxy groups -OCH3 is 1. The molecule has 0 unspecified atom stereocenters. The van der Waals surface area contributed by atoms with Crippen LogP contribution in [0.3, 0.4) is 0 Å². The van der Waals surface area contributed by atoms with Crippen LogP contribution in [0.25, 0.3) is 0 Å². The average Bonchev–Trinajstić information content (AvgIpc) is 2.40. The lowest BCUT2D eigenvalue weighted by Crippen LogP contribution is -2.67. The van der Waals surface area contributed by atoms with Crippen LogP contribution >= 0.6 is 11.6 Å². The Morgan fingerprint density at radius 2 is 1.74 bits per heavy atom. The number of ether oxygens (including phenoxy) is 1. The summed E-state index contributed by atoms with van der Waals surface area (Å²) in [6.45, 7) is 1.79. The largest absolute Gasteiger partial charge is 0.344 e. The molecule has 0 bridgehead atoms. The minimum atomic E-state index is -1.24. The molecule has 1 fully saturated rings. The number of amides is 2. The maximum absolute atomic E-state index is 12.3. The molecule has 5 nitrogen and oxygen atoms in total. The maximum Gasteiger partial charge on any atom is 0.243 e. The number of carbonyl (C=O) groups excluding carboxylic acids is 2. The predicted octanol–water partition coefficient (Wildman–Crippen LogP) is 1.16. The van der Waals surface area contributed by atoms with E-state index in [4.69, 9.17) is 16.3 Å². The second-order valence-electron chi connectivity index (χ2n) is 4.33. The van der Waals surface area contributed by atoms with E-state index in [2.05, 4.69) is 10.6 Å². The zero-order valence-corrected chi connectivity index (χ0v) is 11.5. The summed E-state index contributed by atoms with van der Waals surface area (Å²) in [7, 11) is 1.41. The number of benzene rings is 1. The van der Waals surface area contributed by atoms with Gasteiger partial charge in [-0.1, -0.05) is 30.7 Å². The fraction of sp³-hybridized carbons (Fsp3) is 0.385. The maximum atomic E-state index is 12.3. The third-order valence-corrected chi connectivity index (χ3v) is 3.65. The molecule has 0 aliphatic carbocycles. The SMILES string of the molecule is CCC1(c2ccc(Cl)cc2)C(=O)NC(OC)NC1=O. The van der Waals surface area contributed by atoms with Crippen LogP contribution in [0.4, 0.5) is 0 Å². The van der Waals surface area contributed by atoms with Crippen molar-refractivity contribution in [3.05, 3.63) is 34.9 Å². The summed E-state index contributed by atoms with van der Waals surface area (Å²) in [5.74, 6) is -0.735. The van der Waals surface area contributed by atoms with E-state index in [1.165, 1.54) is 7.11 Å². The van der Waals surface area contributed by atoms with Crippen molar-refractivity contribution >= 4 is 23.4 Å². The summed E-state index contributed by atoms with van der Waals surface area (Å²) in [6, 6.07) is 6.71. The molecule has 1 aromatic rings. The monoisotopic (exact) mass is 282 g/mol. The van der Waals surface area contributed by atoms with Crippen molar-refractivity contribution in [1.82, 2.24) is 10.6 Å². The van der Waals surface area contributed by atoms with Gasteiger partial charge < -0.3 is 15.4 Å². The van der Waals surface area contributed by atoms with Gasteiger partial charge in [0.1, 0.15) is 0 Å².